The molecule has 2 aromatic carbocycles. The van der Waals surface area contributed by atoms with Crippen molar-refractivity contribution in [2.75, 3.05) is 5.73 Å². The largest absolute Gasteiger partial charge is 0.399 e. The van der Waals surface area contributed by atoms with E-state index in [4.69, 9.17) is 17.3 Å². The van der Waals surface area contributed by atoms with Crippen molar-refractivity contribution in [3.8, 4) is 0 Å². The van der Waals surface area contributed by atoms with Crippen LogP contribution in [0, 0.1) is 6.92 Å². The summed E-state index contributed by atoms with van der Waals surface area (Å²) in [5, 5.41) is 1.68. The molecule has 5 heteroatoms. The smallest absolute Gasteiger partial charge is 0.166 e. The number of H-pyrrole nitrogens is 1. The average Bonchev–Trinajstić information content (AvgIpc) is 2.79. The molecule has 0 spiro atoms. The fourth-order valence-corrected chi connectivity index (χ4v) is 3.26. The van der Waals surface area contributed by atoms with Crippen LogP contribution in [0.1, 0.15) is 11.1 Å². The lowest BCUT2D eigenvalue weighted by Crippen LogP contribution is -1.85. The number of rotatable bonds is 3. The van der Waals surface area contributed by atoms with Crippen LogP contribution in [0.3, 0.4) is 0 Å². The highest BCUT2D eigenvalue weighted by Gasteiger charge is 2.06. The summed E-state index contributed by atoms with van der Waals surface area (Å²) in [5.74, 6) is 0.786. The number of aryl methyl sites for hydroxylation is 1. The Bertz CT molecular complexity index is 767. The molecular weight excluding hydrogens is 290 g/mol. The highest BCUT2D eigenvalue weighted by Crippen LogP contribution is 2.27. The molecule has 0 unspecified atom stereocenters. The summed E-state index contributed by atoms with van der Waals surface area (Å²) in [7, 11) is 0. The van der Waals surface area contributed by atoms with Crippen molar-refractivity contribution in [1.82, 2.24) is 9.97 Å². The van der Waals surface area contributed by atoms with Crippen LogP contribution in [0.15, 0.2) is 41.6 Å². The van der Waals surface area contributed by atoms with Gasteiger partial charge in [0.15, 0.2) is 5.16 Å². The second-order valence-electron chi connectivity index (χ2n) is 4.70. The number of benzene rings is 2. The van der Waals surface area contributed by atoms with E-state index in [1.165, 1.54) is 5.56 Å². The number of halogens is 1. The van der Waals surface area contributed by atoms with Gasteiger partial charge in [-0.15, -0.1) is 0 Å². The topological polar surface area (TPSA) is 54.7 Å². The zero-order valence-corrected chi connectivity index (χ0v) is 12.6. The second kappa shape index (κ2) is 5.38. The van der Waals surface area contributed by atoms with E-state index in [0.717, 1.165) is 38.2 Å². The van der Waals surface area contributed by atoms with Gasteiger partial charge in [-0.1, -0.05) is 35.5 Å². The number of nitrogen functional groups attached to an aromatic ring is 1. The molecule has 0 bridgehead atoms. The quantitative estimate of drug-likeness (QED) is 0.557. The van der Waals surface area contributed by atoms with E-state index in [-0.39, 0.29) is 0 Å². The first-order valence-electron chi connectivity index (χ1n) is 6.25. The highest BCUT2D eigenvalue weighted by atomic mass is 35.5. The van der Waals surface area contributed by atoms with Crippen molar-refractivity contribution in [2.45, 2.75) is 17.8 Å². The van der Waals surface area contributed by atoms with Gasteiger partial charge in [-0.05, 0) is 42.3 Å². The van der Waals surface area contributed by atoms with Crippen LogP contribution < -0.4 is 5.73 Å². The lowest BCUT2D eigenvalue weighted by atomic mass is 10.2. The van der Waals surface area contributed by atoms with Crippen LogP contribution in [0.25, 0.3) is 11.0 Å². The maximum atomic E-state index is 6.23. The third kappa shape index (κ3) is 2.76. The molecule has 0 atom stereocenters. The minimum Gasteiger partial charge on any atom is -0.399 e. The van der Waals surface area contributed by atoms with E-state index >= 15 is 0 Å². The molecule has 102 valence electrons. The summed E-state index contributed by atoms with van der Waals surface area (Å²) in [6.07, 6.45) is 0. The van der Waals surface area contributed by atoms with E-state index in [2.05, 4.69) is 22.1 Å². The fourth-order valence-electron chi connectivity index (χ4n) is 1.99. The monoisotopic (exact) mass is 303 g/mol. The first kappa shape index (κ1) is 13.3. The van der Waals surface area contributed by atoms with Gasteiger partial charge in [0.1, 0.15) is 0 Å². The number of nitrogens with one attached hydrogen (secondary N) is 1. The number of fused-ring (bicyclic) bond motifs is 1. The van der Waals surface area contributed by atoms with E-state index in [0.29, 0.717) is 0 Å². The van der Waals surface area contributed by atoms with E-state index in [1.54, 1.807) is 11.8 Å². The molecule has 0 saturated carbocycles. The Kier molecular flexibility index (Phi) is 3.59. The van der Waals surface area contributed by atoms with Gasteiger partial charge in [0.2, 0.25) is 0 Å². The van der Waals surface area contributed by atoms with Gasteiger partial charge in [0, 0.05) is 16.5 Å². The summed E-state index contributed by atoms with van der Waals surface area (Å²) in [6.45, 7) is 2.03. The van der Waals surface area contributed by atoms with Gasteiger partial charge >= 0.3 is 0 Å². The molecule has 0 aliphatic rings. The predicted molar refractivity (Wildman–Crippen MR) is 86.3 cm³/mol. The summed E-state index contributed by atoms with van der Waals surface area (Å²) >= 11 is 7.87. The highest BCUT2D eigenvalue weighted by molar-refractivity contribution is 7.98. The maximum Gasteiger partial charge on any atom is 0.166 e. The van der Waals surface area contributed by atoms with Gasteiger partial charge < -0.3 is 10.7 Å². The van der Waals surface area contributed by atoms with E-state index < -0.39 is 0 Å². The van der Waals surface area contributed by atoms with Gasteiger partial charge in [-0.3, -0.25) is 0 Å². The number of nitrogens with two attached hydrogens (primary N) is 1. The lowest BCUT2D eigenvalue weighted by molar-refractivity contribution is 1.08. The molecule has 3 rings (SSSR count). The molecule has 0 amide bonds. The first-order valence-corrected chi connectivity index (χ1v) is 7.61. The summed E-state index contributed by atoms with van der Waals surface area (Å²) < 4.78 is 0. The standard InChI is InChI=1S/C15H14ClN3S/c1-9-2-3-10(12(16)6-9)8-20-15-18-13-5-4-11(17)7-14(13)19-15/h2-7H,8,17H2,1H3,(H,18,19). The Balaban J connectivity index is 1.79. The summed E-state index contributed by atoms with van der Waals surface area (Å²) in [6, 6.07) is 11.8. The third-order valence-electron chi connectivity index (χ3n) is 3.06. The molecule has 20 heavy (non-hydrogen) atoms. The second-order valence-corrected chi connectivity index (χ2v) is 6.07. The lowest BCUT2D eigenvalue weighted by Gasteiger charge is -2.03. The SMILES string of the molecule is Cc1ccc(CSc2nc3ccc(N)cc3[nH]2)c(Cl)c1. The van der Waals surface area contributed by atoms with Crippen LogP contribution in [0.2, 0.25) is 5.02 Å². The number of imidazole rings is 1. The normalized spacial score (nSPS) is 11.1. The minimum absolute atomic E-state index is 0.735. The van der Waals surface area contributed by atoms with Gasteiger partial charge in [0.25, 0.3) is 0 Å². The van der Waals surface area contributed by atoms with Crippen molar-refractivity contribution in [1.29, 1.82) is 0 Å². The van der Waals surface area contributed by atoms with Gasteiger partial charge in [0.05, 0.1) is 11.0 Å². The molecule has 1 aromatic heterocycles. The Morgan fingerprint density at radius 3 is 2.90 bits per heavy atom. The Morgan fingerprint density at radius 1 is 1.25 bits per heavy atom. The van der Waals surface area contributed by atoms with Crippen LogP contribution >= 0.6 is 23.4 Å². The van der Waals surface area contributed by atoms with E-state index in [9.17, 15) is 0 Å². The number of aromatic amines is 1. The van der Waals surface area contributed by atoms with Crippen molar-refractivity contribution < 1.29 is 0 Å². The molecule has 0 aliphatic heterocycles. The molecule has 3 N–H and O–H groups in total. The van der Waals surface area contributed by atoms with Crippen LogP contribution in [-0.4, -0.2) is 9.97 Å². The molecule has 0 saturated heterocycles. The maximum absolute atomic E-state index is 6.23. The van der Waals surface area contributed by atoms with Crippen LogP contribution in [0.5, 0.6) is 0 Å². The van der Waals surface area contributed by atoms with Crippen molar-refractivity contribution in [3.63, 3.8) is 0 Å². The number of hydrogen-bond donors (Lipinski definition) is 2. The first-order chi connectivity index (χ1) is 9.61. The number of hydrogen-bond acceptors (Lipinski definition) is 3. The molecule has 3 aromatic rings. The molecule has 0 aliphatic carbocycles. The van der Waals surface area contributed by atoms with Crippen molar-refractivity contribution in [3.05, 3.63) is 52.5 Å². The minimum atomic E-state index is 0.735. The number of thioether (sulfide) groups is 1. The predicted octanol–water partition coefficient (Wildman–Crippen LogP) is 4.40. The molecule has 1 heterocycles. The molecular formula is C15H14ClN3S. The van der Waals surface area contributed by atoms with Crippen molar-refractivity contribution >= 4 is 40.1 Å². The van der Waals surface area contributed by atoms with Crippen LogP contribution in [0.4, 0.5) is 5.69 Å². The van der Waals surface area contributed by atoms with Gasteiger partial charge in [-0.2, -0.15) is 0 Å². The fraction of sp³-hybridized carbons (Fsp3) is 0.133. The Labute approximate surface area is 126 Å². The summed E-state index contributed by atoms with van der Waals surface area (Å²) in [4.78, 5) is 7.79. The summed E-state index contributed by atoms with van der Waals surface area (Å²) in [5.41, 5.74) is 10.7. The molecule has 0 radical (unpaired) electrons. The third-order valence-corrected chi connectivity index (χ3v) is 4.33. The molecule has 3 nitrogen and oxygen atoms in total. The zero-order valence-electron chi connectivity index (χ0n) is 11.0. The van der Waals surface area contributed by atoms with Crippen LogP contribution in [-0.2, 0) is 5.75 Å². The number of nitrogens with zero attached hydrogens (tertiary/aromatic N) is 1. The molecule has 0 fully saturated rings. The Morgan fingerprint density at radius 2 is 2.10 bits per heavy atom. The Hall–Kier alpha value is -1.65. The number of anilines is 1. The van der Waals surface area contributed by atoms with Crippen molar-refractivity contribution in [2.24, 2.45) is 0 Å². The zero-order chi connectivity index (χ0) is 14.1. The average molecular weight is 304 g/mol. The number of aromatic nitrogens is 2. The van der Waals surface area contributed by atoms with Gasteiger partial charge in [-0.25, -0.2) is 4.98 Å². The van der Waals surface area contributed by atoms with E-state index in [1.807, 2.05) is 31.2 Å².